The molecule has 0 fully saturated rings. The molecule has 24 heavy (non-hydrogen) atoms. The lowest BCUT2D eigenvalue weighted by atomic mass is 9.88. The SMILES string of the molecule is C[N+](C)([B-]C(=O)O)CCCCCCCCCC[N+](C)(C)[B-]C(=O)O. The first-order chi connectivity index (χ1) is 11.0. The zero-order valence-electron chi connectivity index (χ0n) is 15.8. The minimum atomic E-state index is -0.859. The van der Waals surface area contributed by atoms with Crippen LogP contribution in [-0.2, 0) is 0 Å². The van der Waals surface area contributed by atoms with Crippen molar-refractivity contribution >= 4 is 26.6 Å². The van der Waals surface area contributed by atoms with Crippen molar-refractivity contribution in [3.63, 3.8) is 0 Å². The average molecular weight is 340 g/mol. The molecule has 0 unspecified atom stereocenters. The number of carboxylic acid groups (broad SMARTS) is 2. The Kier molecular flexibility index (Phi) is 11.0. The van der Waals surface area contributed by atoms with E-state index in [1.165, 1.54) is 40.5 Å². The van der Waals surface area contributed by atoms with Crippen LogP contribution in [0.3, 0.4) is 0 Å². The van der Waals surface area contributed by atoms with Crippen LogP contribution in [-0.4, -0.2) is 86.8 Å². The molecular formula is C16H34B2N2O4. The molecule has 2 N–H and O–H groups in total. The molecule has 0 bridgehead atoms. The molecule has 6 nitrogen and oxygen atoms in total. The van der Waals surface area contributed by atoms with Crippen LogP contribution in [0.4, 0.5) is 9.59 Å². The molecule has 0 spiro atoms. The highest BCUT2D eigenvalue weighted by Crippen LogP contribution is 2.11. The second-order valence-electron chi connectivity index (χ2n) is 7.77. The number of rotatable bonds is 15. The Bertz CT molecular complexity index is 354. The van der Waals surface area contributed by atoms with Gasteiger partial charge in [0.2, 0.25) is 0 Å². The lowest BCUT2D eigenvalue weighted by Crippen LogP contribution is -2.47. The van der Waals surface area contributed by atoms with Crippen LogP contribution < -0.4 is 0 Å². The molecule has 0 aromatic carbocycles. The van der Waals surface area contributed by atoms with Crippen molar-refractivity contribution in [3.05, 3.63) is 0 Å². The molecule has 0 aliphatic heterocycles. The van der Waals surface area contributed by atoms with E-state index in [9.17, 15) is 9.59 Å². The average Bonchev–Trinajstić information content (AvgIpc) is 2.37. The first-order valence-electron chi connectivity index (χ1n) is 8.87. The molecule has 0 rings (SSSR count). The predicted octanol–water partition coefficient (Wildman–Crippen LogP) is 2.85. The number of carbonyl (C=O) groups is 2. The van der Waals surface area contributed by atoms with Crippen molar-refractivity contribution in [2.45, 2.75) is 51.4 Å². The number of hydrogen-bond acceptors (Lipinski definition) is 2. The summed E-state index contributed by atoms with van der Waals surface area (Å²) in [6, 6.07) is 0. The molecule has 0 aromatic rings. The third kappa shape index (κ3) is 14.6. The Morgan fingerprint density at radius 2 is 0.875 bits per heavy atom. The van der Waals surface area contributed by atoms with E-state index in [-0.39, 0.29) is 0 Å². The third-order valence-electron chi connectivity index (χ3n) is 4.14. The summed E-state index contributed by atoms with van der Waals surface area (Å²) in [5.41, 5.74) is 0. The van der Waals surface area contributed by atoms with Crippen LogP contribution in [0.5, 0.6) is 0 Å². The maximum absolute atomic E-state index is 10.7. The molecule has 4 radical (unpaired) electrons. The van der Waals surface area contributed by atoms with Gasteiger partial charge in [-0.25, -0.2) is 0 Å². The molecule has 0 atom stereocenters. The van der Waals surface area contributed by atoms with Gasteiger partial charge in [-0.15, -0.1) is 0 Å². The molecule has 0 aliphatic rings. The molecule has 0 amide bonds. The van der Waals surface area contributed by atoms with Gasteiger partial charge >= 0.3 is 0 Å². The molecular weight excluding hydrogens is 306 g/mol. The predicted molar refractivity (Wildman–Crippen MR) is 98.4 cm³/mol. The van der Waals surface area contributed by atoms with Crippen LogP contribution in [0.2, 0.25) is 0 Å². The second-order valence-corrected chi connectivity index (χ2v) is 7.77. The Hall–Kier alpha value is -1.01. The van der Waals surface area contributed by atoms with Crippen molar-refractivity contribution in [1.29, 1.82) is 0 Å². The van der Waals surface area contributed by atoms with E-state index in [1.807, 2.05) is 28.2 Å². The summed E-state index contributed by atoms with van der Waals surface area (Å²) in [4.78, 5) is 21.4. The molecule has 0 heterocycles. The Morgan fingerprint density at radius 1 is 0.625 bits per heavy atom. The Labute approximate surface area is 148 Å². The van der Waals surface area contributed by atoms with Crippen molar-refractivity contribution in [2.75, 3.05) is 41.3 Å². The molecule has 138 valence electrons. The number of hydrogen-bond donors (Lipinski definition) is 2. The van der Waals surface area contributed by atoms with Crippen molar-refractivity contribution in [3.8, 4) is 0 Å². The van der Waals surface area contributed by atoms with Crippen molar-refractivity contribution in [1.82, 2.24) is 0 Å². The zero-order chi connectivity index (χ0) is 18.6. The number of nitrogens with zero attached hydrogens (tertiary/aromatic N) is 2. The van der Waals surface area contributed by atoms with Crippen LogP contribution >= 0.6 is 0 Å². The van der Waals surface area contributed by atoms with E-state index in [2.05, 4.69) is 0 Å². The smallest absolute Gasteiger partial charge is 0.132 e. The van der Waals surface area contributed by atoms with Gasteiger partial charge in [-0.2, -0.15) is 0 Å². The van der Waals surface area contributed by atoms with Gasteiger partial charge in [-0.1, -0.05) is 25.7 Å². The van der Waals surface area contributed by atoms with Crippen LogP contribution in [0.1, 0.15) is 51.4 Å². The summed E-state index contributed by atoms with van der Waals surface area (Å²) in [5, 5.41) is 17.6. The van der Waals surface area contributed by atoms with Crippen LogP contribution in [0, 0.1) is 0 Å². The van der Waals surface area contributed by atoms with Gasteiger partial charge in [0.05, 0.1) is 0 Å². The Morgan fingerprint density at radius 3 is 1.12 bits per heavy atom. The highest BCUT2D eigenvalue weighted by atomic mass is 16.4. The monoisotopic (exact) mass is 340 g/mol. The fourth-order valence-corrected chi connectivity index (χ4v) is 2.83. The summed E-state index contributed by atoms with van der Waals surface area (Å²) >= 11 is 0. The summed E-state index contributed by atoms with van der Waals surface area (Å²) in [6.45, 7) is 1.72. The second kappa shape index (κ2) is 11.5. The van der Waals surface area contributed by atoms with Gasteiger partial charge in [-0.3, -0.25) is 0 Å². The van der Waals surface area contributed by atoms with E-state index < -0.39 is 11.7 Å². The lowest BCUT2D eigenvalue weighted by molar-refractivity contribution is -0.777. The normalized spacial score (nSPS) is 12.3. The third-order valence-corrected chi connectivity index (χ3v) is 4.14. The maximum atomic E-state index is 10.7. The van der Waals surface area contributed by atoms with Gasteiger partial charge in [-0.05, 0) is 25.7 Å². The fraction of sp³-hybridized carbons (Fsp3) is 0.875. The van der Waals surface area contributed by atoms with Crippen molar-refractivity contribution < 1.29 is 28.6 Å². The van der Waals surface area contributed by atoms with Crippen LogP contribution in [0.25, 0.3) is 0 Å². The summed E-state index contributed by atoms with van der Waals surface area (Å²) in [7, 11) is 10.3. The molecule has 0 aliphatic carbocycles. The number of unbranched alkanes of at least 4 members (excludes halogenated alkanes) is 7. The highest BCUT2D eigenvalue weighted by molar-refractivity contribution is 6.65. The molecule has 0 aromatic heterocycles. The van der Waals surface area contributed by atoms with Gasteiger partial charge in [0, 0.05) is 41.3 Å². The summed E-state index contributed by atoms with van der Waals surface area (Å²) in [6.07, 6.45) is 9.22. The largest absolute Gasteiger partial charge is 0.556 e. The van der Waals surface area contributed by atoms with Gasteiger partial charge in [0.1, 0.15) is 26.6 Å². The first kappa shape index (κ1) is 23.0. The fourth-order valence-electron chi connectivity index (χ4n) is 2.83. The minimum Gasteiger partial charge on any atom is -0.556 e. The van der Waals surface area contributed by atoms with Crippen molar-refractivity contribution in [2.24, 2.45) is 0 Å². The summed E-state index contributed by atoms with van der Waals surface area (Å²) < 4.78 is 0.855. The van der Waals surface area contributed by atoms with E-state index in [0.717, 1.165) is 38.8 Å². The van der Waals surface area contributed by atoms with E-state index in [4.69, 9.17) is 10.2 Å². The van der Waals surface area contributed by atoms with E-state index in [1.54, 1.807) is 0 Å². The minimum absolute atomic E-state index is 0.427. The standard InChI is InChI=1S/C16H32B2N2O4/c1-19(2,17-15(21)22)13-11-9-7-5-6-8-10-12-14-20(3,4)18-16(23)24/h5-14H2,1-4H3/q-2/p+2. The van der Waals surface area contributed by atoms with Gasteiger partial charge in [0.25, 0.3) is 0 Å². The highest BCUT2D eigenvalue weighted by Gasteiger charge is 2.08. The van der Waals surface area contributed by atoms with Gasteiger partial charge < -0.3 is 28.6 Å². The topological polar surface area (TPSA) is 74.6 Å². The first-order valence-corrected chi connectivity index (χ1v) is 8.87. The molecule has 8 heteroatoms. The summed E-state index contributed by atoms with van der Waals surface area (Å²) in [5.74, 6) is -1.72. The lowest BCUT2D eigenvalue weighted by Gasteiger charge is -2.41. The Balaban J connectivity index is 3.49. The van der Waals surface area contributed by atoms with E-state index in [0.29, 0.717) is 8.79 Å². The van der Waals surface area contributed by atoms with Gasteiger partial charge in [0.15, 0.2) is 0 Å². The number of quaternary nitrogens is 2. The molecule has 0 saturated heterocycles. The van der Waals surface area contributed by atoms with Crippen LogP contribution in [0.15, 0.2) is 0 Å². The molecule has 0 saturated carbocycles. The quantitative estimate of drug-likeness (QED) is 0.355. The maximum Gasteiger partial charge on any atom is 0.132 e. The zero-order valence-corrected chi connectivity index (χ0v) is 15.8. The van der Waals surface area contributed by atoms with E-state index >= 15 is 0 Å².